The summed E-state index contributed by atoms with van der Waals surface area (Å²) in [5, 5.41) is 2.57. The maximum absolute atomic E-state index is 13.8. The summed E-state index contributed by atoms with van der Waals surface area (Å²) in [5.74, 6) is -1.34. The van der Waals surface area contributed by atoms with Gasteiger partial charge in [-0.2, -0.15) is 0 Å². The summed E-state index contributed by atoms with van der Waals surface area (Å²) in [4.78, 5) is 23.8. The van der Waals surface area contributed by atoms with Crippen molar-refractivity contribution in [3.05, 3.63) is 78.5 Å². The van der Waals surface area contributed by atoms with Gasteiger partial charge in [0.1, 0.15) is 11.4 Å². The highest BCUT2D eigenvalue weighted by Gasteiger charge is 2.31. The van der Waals surface area contributed by atoms with Gasteiger partial charge in [0.25, 0.3) is 5.91 Å². The summed E-state index contributed by atoms with van der Waals surface area (Å²) < 4.78 is 56.7. The van der Waals surface area contributed by atoms with Crippen LogP contribution in [0.2, 0.25) is 0 Å². The molecule has 1 amide bonds. The zero-order valence-electron chi connectivity index (χ0n) is 16.5. The van der Waals surface area contributed by atoms with Crippen LogP contribution < -0.4 is 10.1 Å². The minimum Gasteiger partial charge on any atom is -0.406 e. The van der Waals surface area contributed by atoms with E-state index < -0.39 is 18.1 Å². The molecule has 5 rings (SSSR count). The Labute approximate surface area is 182 Å². The van der Waals surface area contributed by atoms with Gasteiger partial charge in [0.15, 0.2) is 11.5 Å². The van der Waals surface area contributed by atoms with Gasteiger partial charge in [0.2, 0.25) is 5.95 Å². The van der Waals surface area contributed by atoms with Crippen molar-refractivity contribution in [3.63, 3.8) is 0 Å². The highest BCUT2D eigenvalue weighted by atomic mass is 19.4. The van der Waals surface area contributed by atoms with Crippen molar-refractivity contribution in [2.75, 3.05) is 5.32 Å². The Bertz CT molecular complexity index is 1510. The number of anilines is 1. The first-order valence-electron chi connectivity index (χ1n) is 9.56. The third-order valence-corrected chi connectivity index (χ3v) is 4.78. The SMILES string of the molecule is O=C(Nc1nc2ccc(-c3cccc(OC(F)(F)F)c3)cc2[nH]1)c1cn2cccc(F)c2n1. The van der Waals surface area contributed by atoms with Crippen LogP contribution in [0, 0.1) is 5.82 Å². The Balaban J connectivity index is 1.40. The van der Waals surface area contributed by atoms with Crippen LogP contribution in [0.15, 0.2) is 67.0 Å². The molecule has 0 unspecified atom stereocenters. The maximum atomic E-state index is 13.8. The largest absolute Gasteiger partial charge is 0.573 e. The highest BCUT2D eigenvalue weighted by molar-refractivity contribution is 6.03. The summed E-state index contributed by atoms with van der Waals surface area (Å²) in [6, 6.07) is 13.4. The van der Waals surface area contributed by atoms with E-state index in [-0.39, 0.29) is 23.0 Å². The number of aromatic amines is 1. The molecular formula is C22H13F4N5O2. The van der Waals surface area contributed by atoms with E-state index in [9.17, 15) is 22.4 Å². The lowest BCUT2D eigenvalue weighted by Gasteiger charge is -2.10. The molecule has 0 saturated heterocycles. The fourth-order valence-corrected chi connectivity index (χ4v) is 3.38. The summed E-state index contributed by atoms with van der Waals surface area (Å²) in [7, 11) is 0. The Morgan fingerprint density at radius 1 is 1.03 bits per heavy atom. The van der Waals surface area contributed by atoms with Crippen molar-refractivity contribution in [3.8, 4) is 16.9 Å². The second-order valence-electron chi connectivity index (χ2n) is 7.06. The van der Waals surface area contributed by atoms with Crippen LogP contribution in [0.3, 0.4) is 0 Å². The molecule has 0 aliphatic rings. The van der Waals surface area contributed by atoms with Gasteiger partial charge in [-0.3, -0.25) is 10.1 Å². The van der Waals surface area contributed by atoms with E-state index >= 15 is 0 Å². The molecule has 11 heteroatoms. The number of carbonyl (C=O) groups excluding carboxylic acids is 1. The molecule has 0 aliphatic carbocycles. The van der Waals surface area contributed by atoms with E-state index in [0.717, 1.165) is 0 Å². The highest BCUT2D eigenvalue weighted by Crippen LogP contribution is 2.29. The number of ether oxygens (including phenoxy) is 1. The fraction of sp³-hybridized carbons (Fsp3) is 0.0455. The first-order valence-corrected chi connectivity index (χ1v) is 9.56. The van der Waals surface area contributed by atoms with Crippen LogP contribution in [0.5, 0.6) is 5.75 Å². The predicted molar refractivity (Wildman–Crippen MR) is 111 cm³/mol. The normalized spacial score (nSPS) is 11.8. The second kappa shape index (κ2) is 7.62. The number of alkyl halides is 3. The van der Waals surface area contributed by atoms with Crippen LogP contribution >= 0.6 is 0 Å². The number of pyridine rings is 1. The van der Waals surface area contributed by atoms with Gasteiger partial charge in [-0.15, -0.1) is 13.2 Å². The number of amides is 1. The number of hydrogen-bond donors (Lipinski definition) is 2. The third kappa shape index (κ3) is 4.20. The van der Waals surface area contributed by atoms with Crippen LogP contribution in [0.25, 0.3) is 27.8 Å². The summed E-state index contributed by atoms with van der Waals surface area (Å²) in [6.45, 7) is 0. The van der Waals surface area contributed by atoms with Crippen molar-refractivity contribution in [2.24, 2.45) is 0 Å². The molecule has 33 heavy (non-hydrogen) atoms. The van der Waals surface area contributed by atoms with Crippen LogP contribution in [-0.2, 0) is 0 Å². The number of halogens is 4. The quantitative estimate of drug-likeness (QED) is 0.367. The van der Waals surface area contributed by atoms with Gasteiger partial charge in [0.05, 0.1) is 11.0 Å². The third-order valence-electron chi connectivity index (χ3n) is 4.78. The van der Waals surface area contributed by atoms with Gasteiger partial charge in [0, 0.05) is 12.4 Å². The second-order valence-corrected chi connectivity index (χ2v) is 7.06. The number of aromatic nitrogens is 4. The molecule has 0 bridgehead atoms. The van der Waals surface area contributed by atoms with Gasteiger partial charge >= 0.3 is 6.36 Å². The van der Waals surface area contributed by atoms with Gasteiger partial charge in [-0.05, 0) is 47.5 Å². The van der Waals surface area contributed by atoms with Crippen LogP contribution in [0.1, 0.15) is 10.5 Å². The topological polar surface area (TPSA) is 84.3 Å². The predicted octanol–water partition coefficient (Wildman–Crippen LogP) is 5.17. The fourth-order valence-electron chi connectivity index (χ4n) is 3.38. The molecule has 3 heterocycles. The Hall–Kier alpha value is -4.41. The zero-order chi connectivity index (χ0) is 23.2. The summed E-state index contributed by atoms with van der Waals surface area (Å²) >= 11 is 0. The number of H-pyrrole nitrogens is 1. The molecule has 2 aromatic carbocycles. The van der Waals surface area contributed by atoms with E-state index in [4.69, 9.17) is 0 Å². The first kappa shape index (κ1) is 20.5. The minimum absolute atomic E-state index is 0.00252. The Morgan fingerprint density at radius 3 is 2.64 bits per heavy atom. The lowest BCUT2D eigenvalue weighted by molar-refractivity contribution is -0.274. The van der Waals surface area contributed by atoms with E-state index in [1.165, 1.54) is 40.9 Å². The molecule has 0 spiro atoms. The molecule has 3 aromatic heterocycles. The molecule has 0 fully saturated rings. The van der Waals surface area contributed by atoms with E-state index in [0.29, 0.717) is 22.2 Å². The standard InChI is InChI=1S/C22H13F4N5O2/c23-15-5-2-8-31-11-18(27-19(15)31)20(32)30-21-28-16-7-6-13(10-17(16)29-21)12-3-1-4-14(9-12)33-22(24,25)26/h1-11H,(H2,28,29,30,32). The number of rotatable bonds is 4. The van der Waals surface area contributed by atoms with Crippen molar-refractivity contribution < 1.29 is 27.1 Å². The van der Waals surface area contributed by atoms with Crippen molar-refractivity contribution in [1.82, 2.24) is 19.4 Å². The Morgan fingerprint density at radius 2 is 1.85 bits per heavy atom. The van der Waals surface area contributed by atoms with Crippen molar-refractivity contribution in [1.29, 1.82) is 0 Å². The number of hydrogen-bond acceptors (Lipinski definition) is 4. The van der Waals surface area contributed by atoms with Gasteiger partial charge in [-0.25, -0.2) is 14.4 Å². The molecule has 166 valence electrons. The number of imidazole rings is 2. The van der Waals surface area contributed by atoms with Gasteiger partial charge in [-0.1, -0.05) is 18.2 Å². The minimum atomic E-state index is -4.79. The first-order chi connectivity index (χ1) is 15.7. The number of carbonyl (C=O) groups is 1. The number of nitrogens with zero attached hydrogens (tertiary/aromatic N) is 3. The van der Waals surface area contributed by atoms with E-state index in [1.807, 2.05) is 0 Å². The number of fused-ring (bicyclic) bond motifs is 2. The molecule has 0 saturated carbocycles. The smallest absolute Gasteiger partial charge is 0.406 e. The van der Waals surface area contributed by atoms with Crippen LogP contribution in [0.4, 0.5) is 23.5 Å². The number of nitrogens with one attached hydrogen (secondary N) is 2. The molecule has 0 atom stereocenters. The average Bonchev–Trinajstić information content (AvgIpc) is 3.36. The Kier molecular flexibility index (Phi) is 4.73. The lowest BCUT2D eigenvalue weighted by Crippen LogP contribution is -2.17. The zero-order valence-corrected chi connectivity index (χ0v) is 16.5. The van der Waals surface area contributed by atoms with Crippen molar-refractivity contribution >= 4 is 28.5 Å². The van der Waals surface area contributed by atoms with E-state index in [1.54, 1.807) is 30.5 Å². The maximum Gasteiger partial charge on any atom is 0.573 e. The molecule has 0 radical (unpaired) electrons. The molecule has 0 aliphatic heterocycles. The molecule has 5 aromatic rings. The molecule has 7 nitrogen and oxygen atoms in total. The van der Waals surface area contributed by atoms with Crippen LogP contribution in [-0.4, -0.2) is 31.6 Å². The number of benzene rings is 2. The van der Waals surface area contributed by atoms with Gasteiger partial charge < -0.3 is 14.1 Å². The van der Waals surface area contributed by atoms with E-state index in [2.05, 4.69) is 25.0 Å². The summed E-state index contributed by atoms with van der Waals surface area (Å²) in [5.41, 5.74) is 2.22. The summed E-state index contributed by atoms with van der Waals surface area (Å²) in [6.07, 6.45) is -1.82. The monoisotopic (exact) mass is 455 g/mol. The molecule has 2 N–H and O–H groups in total. The lowest BCUT2D eigenvalue weighted by atomic mass is 10.0. The average molecular weight is 455 g/mol. The molecular weight excluding hydrogens is 442 g/mol. The van der Waals surface area contributed by atoms with Crippen molar-refractivity contribution in [2.45, 2.75) is 6.36 Å².